The van der Waals surface area contributed by atoms with Gasteiger partial charge in [0.1, 0.15) is 18.1 Å². The molecule has 0 atom stereocenters. The van der Waals surface area contributed by atoms with Gasteiger partial charge in [0.25, 0.3) is 0 Å². The molecule has 2 aromatic rings. The molecule has 0 aromatic heterocycles. The van der Waals surface area contributed by atoms with Crippen molar-refractivity contribution in [1.82, 2.24) is 10.6 Å². The van der Waals surface area contributed by atoms with E-state index in [1.807, 2.05) is 55.5 Å². The third-order valence-corrected chi connectivity index (χ3v) is 3.25. The van der Waals surface area contributed by atoms with Crippen LogP contribution in [0.15, 0.2) is 48.5 Å². The standard InChI is InChI=1S/C18H22N2O3/c1-14-4-3-5-15(12-14)13-20-18(21)19-10-11-23-17-8-6-16(22-2)7-9-17/h3-9,12H,10-11,13H2,1-2H3,(H2,19,20,21). The molecule has 0 aliphatic heterocycles. The maximum absolute atomic E-state index is 11.7. The van der Waals surface area contributed by atoms with Crippen molar-refractivity contribution in [2.24, 2.45) is 0 Å². The molecule has 5 heteroatoms. The van der Waals surface area contributed by atoms with Gasteiger partial charge in [-0.05, 0) is 36.8 Å². The minimum atomic E-state index is -0.204. The van der Waals surface area contributed by atoms with Crippen molar-refractivity contribution >= 4 is 6.03 Å². The van der Waals surface area contributed by atoms with E-state index in [0.717, 1.165) is 17.1 Å². The number of rotatable bonds is 7. The molecule has 2 N–H and O–H groups in total. The van der Waals surface area contributed by atoms with Crippen molar-refractivity contribution in [1.29, 1.82) is 0 Å². The van der Waals surface area contributed by atoms with Crippen LogP contribution >= 0.6 is 0 Å². The molecule has 122 valence electrons. The predicted octanol–water partition coefficient (Wildman–Crippen LogP) is 2.88. The number of aryl methyl sites for hydroxylation is 1. The Balaban J connectivity index is 1.62. The number of amides is 2. The topological polar surface area (TPSA) is 59.6 Å². The molecule has 2 rings (SSSR count). The van der Waals surface area contributed by atoms with Crippen LogP contribution in [0, 0.1) is 6.92 Å². The van der Waals surface area contributed by atoms with Crippen LogP contribution in [-0.4, -0.2) is 26.3 Å². The van der Waals surface area contributed by atoms with Crippen molar-refractivity contribution in [3.05, 3.63) is 59.7 Å². The van der Waals surface area contributed by atoms with Crippen molar-refractivity contribution in [3.8, 4) is 11.5 Å². The zero-order chi connectivity index (χ0) is 16.5. The molecule has 23 heavy (non-hydrogen) atoms. The molecule has 0 heterocycles. The Morgan fingerprint density at radius 1 is 1.04 bits per heavy atom. The summed E-state index contributed by atoms with van der Waals surface area (Å²) in [7, 11) is 1.62. The van der Waals surface area contributed by atoms with E-state index < -0.39 is 0 Å². The van der Waals surface area contributed by atoms with Crippen LogP contribution in [0.5, 0.6) is 11.5 Å². The number of nitrogens with one attached hydrogen (secondary N) is 2. The minimum Gasteiger partial charge on any atom is -0.497 e. The second-order valence-electron chi connectivity index (χ2n) is 5.12. The predicted molar refractivity (Wildman–Crippen MR) is 89.9 cm³/mol. The molecule has 0 unspecified atom stereocenters. The van der Waals surface area contributed by atoms with E-state index in [2.05, 4.69) is 10.6 Å². The number of hydrogen-bond donors (Lipinski definition) is 2. The maximum atomic E-state index is 11.7. The Kier molecular flexibility index (Phi) is 6.29. The first kappa shape index (κ1) is 16.7. The average molecular weight is 314 g/mol. The van der Waals surface area contributed by atoms with Crippen molar-refractivity contribution in [2.75, 3.05) is 20.3 Å². The fourth-order valence-corrected chi connectivity index (χ4v) is 2.07. The van der Waals surface area contributed by atoms with E-state index in [0.29, 0.717) is 19.7 Å². The van der Waals surface area contributed by atoms with E-state index >= 15 is 0 Å². The van der Waals surface area contributed by atoms with Crippen LogP contribution in [0.25, 0.3) is 0 Å². The van der Waals surface area contributed by atoms with Gasteiger partial charge in [0.15, 0.2) is 0 Å². The molecule has 5 nitrogen and oxygen atoms in total. The first-order valence-electron chi connectivity index (χ1n) is 7.51. The van der Waals surface area contributed by atoms with E-state index in [-0.39, 0.29) is 6.03 Å². The summed E-state index contributed by atoms with van der Waals surface area (Å²) in [6.07, 6.45) is 0. The van der Waals surface area contributed by atoms with E-state index in [1.54, 1.807) is 7.11 Å². The smallest absolute Gasteiger partial charge is 0.315 e. The lowest BCUT2D eigenvalue weighted by molar-refractivity contribution is 0.236. The summed E-state index contributed by atoms with van der Waals surface area (Å²) in [5, 5.41) is 5.58. The fourth-order valence-electron chi connectivity index (χ4n) is 2.07. The number of carbonyl (C=O) groups is 1. The van der Waals surface area contributed by atoms with Gasteiger partial charge in [0.2, 0.25) is 0 Å². The molecule has 0 radical (unpaired) electrons. The monoisotopic (exact) mass is 314 g/mol. The molecule has 2 aromatic carbocycles. The highest BCUT2D eigenvalue weighted by Gasteiger charge is 2.01. The molecular weight excluding hydrogens is 292 g/mol. The normalized spacial score (nSPS) is 10.0. The van der Waals surface area contributed by atoms with Gasteiger partial charge in [-0.1, -0.05) is 29.8 Å². The average Bonchev–Trinajstić information content (AvgIpc) is 2.57. The van der Waals surface area contributed by atoms with Crippen LogP contribution in [0.1, 0.15) is 11.1 Å². The van der Waals surface area contributed by atoms with Crippen LogP contribution in [0.2, 0.25) is 0 Å². The molecule has 0 saturated carbocycles. The van der Waals surface area contributed by atoms with Gasteiger partial charge in [-0.25, -0.2) is 4.79 Å². The summed E-state index contributed by atoms with van der Waals surface area (Å²) in [5.41, 5.74) is 2.26. The maximum Gasteiger partial charge on any atom is 0.315 e. The van der Waals surface area contributed by atoms with Crippen LogP contribution in [-0.2, 0) is 6.54 Å². The largest absolute Gasteiger partial charge is 0.497 e. The van der Waals surface area contributed by atoms with Crippen molar-refractivity contribution < 1.29 is 14.3 Å². The second kappa shape index (κ2) is 8.68. The Morgan fingerprint density at radius 3 is 2.48 bits per heavy atom. The summed E-state index contributed by atoms with van der Waals surface area (Å²) in [4.78, 5) is 11.7. The summed E-state index contributed by atoms with van der Waals surface area (Å²) in [6, 6.07) is 15.2. The Bertz CT molecular complexity index is 626. The van der Waals surface area contributed by atoms with Crippen molar-refractivity contribution in [3.63, 3.8) is 0 Å². The summed E-state index contributed by atoms with van der Waals surface area (Å²) >= 11 is 0. The summed E-state index contributed by atoms with van der Waals surface area (Å²) < 4.78 is 10.6. The van der Waals surface area contributed by atoms with Gasteiger partial charge >= 0.3 is 6.03 Å². The highest BCUT2D eigenvalue weighted by Crippen LogP contribution is 2.16. The highest BCUT2D eigenvalue weighted by atomic mass is 16.5. The zero-order valence-corrected chi connectivity index (χ0v) is 13.5. The van der Waals surface area contributed by atoms with Crippen LogP contribution in [0.3, 0.4) is 0 Å². The quantitative estimate of drug-likeness (QED) is 0.773. The molecule has 0 spiro atoms. The number of ether oxygens (including phenoxy) is 2. The summed E-state index contributed by atoms with van der Waals surface area (Å²) in [6.45, 7) is 3.38. The molecule has 0 bridgehead atoms. The number of carbonyl (C=O) groups excluding carboxylic acids is 1. The highest BCUT2D eigenvalue weighted by molar-refractivity contribution is 5.73. The molecule has 0 fully saturated rings. The minimum absolute atomic E-state index is 0.204. The lowest BCUT2D eigenvalue weighted by Crippen LogP contribution is -2.37. The van der Waals surface area contributed by atoms with Gasteiger partial charge in [-0.2, -0.15) is 0 Å². The van der Waals surface area contributed by atoms with Crippen LogP contribution < -0.4 is 20.1 Å². The first-order chi connectivity index (χ1) is 11.2. The molecule has 0 aliphatic rings. The fraction of sp³-hybridized carbons (Fsp3) is 0.278. The van der Waals surface area contributed by atoms with E-state index in [1.165, 1.54) is 5.56 Å². The molecule has 0 aliphatic carbocycles. The van der Waals surface area contributed by atoms with E-state index in [9.17, 15) is 4.79 Å². The Labute approximate surface area is 136 Å². The lowest BCUT2D eigenvalue weighted by Gasteiger charge is -2.10. The van der Waals surface area contributed by atoms with Gasteiger partial charge in [0.05, 0.1) is 13.7 Å². The molecule has 2 amide bonds. The Hall–Kier alpha value is -2.69. The molecule has 0 saturated heterocycles. The van der Waals surface area contributed by atoms with E-state index in [4.69, 9.17) is 9.47 Å². The van der Waals surface area contributed by atoms with Crippen LogP contribution in [0.4, 0.5) is 4.79 Å². The van der Waals surface area contributed by atoms with Crippen molar-refractivity contribution in [2.45, 2.75) is 13.5 Å². The zero-order valence-electron chi connectivity index (χ0n) is 13.5. The van der Waals surface area contributed by atoms with Gasteiger partial charge < -0.3 is 20.1 Å². The summed E-state index contributed by atoms with van der Waals surface area (Å²) in [5.74, 6) is 1.53. The third-order valence-electron chi connectivity index (χ3n) is 3.25. The third kappa shape index (κ3) is 5.90. The first-order valence-corrected chi connectivity index (χ1v) is 7.51. The SMILES string of the molecule is COc1ccc(OCCNC(=O)NCc2cccc(C)c2)cc1. The van der Waals surface area contributed by atoms with Gasteiger partial charge in [-0.3, -0.25) is 0 Å². The lowest BCUT2D eigenvalue weighted by atomic mass is 10.1. The van der Waals surface area contributed by atoms with Gasteiger partial charge in [0, 0.05) is 6.54 Å². The second-order valence-corrected chi connectivity index (χ2v) is 5.12. The number of urea groups is 1. The number of benzene rings is 2. The number of methoxy groups -OCH3 is 1. The van der Waals surface area contributed by atoms with Gasteiger partial charge in [-0.15, -0.1) is 0 Å². The number of hydrogen-bond acceptors (Lipinski definition) is 3. The Morgan fingerprint density at radius 2 is 1.78 bits per heavy atom. The molecular formula is C18H22N2O3.